The number of benzene rings is 1. The van der Waals surface area contributed by atoms with E-state index >= 15 is 0 Å². The van der Waals surface area contributed by atoms with Gasteiger partial charge in [-0.25, -0.2) is 4.68 Å². The second-order valence-corrected chi connectivity index (χ2v) is 4.46. The van der Waals surface area contributed by atoms with Crippen molar-refractivity contribution in [2.75, 3.05) is 14.1 Å². The van der Waals surface area contributed by atoms with E-state index in [1.807, 2.05) is 19.1 Å². The Balaban J connectivity index is 2.36. The summed E-state index contributed by atoms with van der Waals surface area (Å²) in [6.07, 6.45) is 1.73. The summed E-state index contributed by atoms with van der Waals surface area (Å²) in [5.41, 5.74) is 2.75. The maximum absolute atomic E-state index is 11.8. The molecule has 0 aliphatic rings. The van der Waals surface area contributed by atoms with Crippen LogP contribution in [-0.4, -0.2) is 34.7 Å². The second kappa shape index (κ2) is 4.94. The smallest absolute Gasteiger partial charge is 0.273 e. The molecule has 5 heteroatoms. The van der Waals surface area contributed by atoms with Crippen molar-refractivity contribution in [2.24, 2.45) is 0 Å². The Morgan fingerprint density at radius 2 is 2.11 bits per heavy atom. The molecule has 0 atom stereocenters. The van der Waals surface area contributed by atoms with Crippen LogP contribution < -0.4 is 0 Å². The van der Waals surface area contributed by atoms with Gasteiger partial charge in [0, 0.05) is 20.3 Å². The molecule has 0 saturated heterocycles. The van der Waals surface area contributed by atoms with E-state index in [0.29, 0.717) is 11.3 Å². The SMILES string of the molecule is Cc1cc(-n2ccc(C(=O)N(C)C)n2)ccc1C#N. The third-order valence-corrected chi connectivity index (χ3v) is 2.81. The van der Waals surface area contributed by atoms with Crippen molar-refractivity contribution >= 4 is 5.91 Å². The Bertz CT molecular complexity index is 664. The minimum absolute atomic E-state index is 0.135. The quantitative estimate of drug-likeness (QED) is 0.820. The van der Waals surface area contributed by atoms with Crippen LogP contribution in [0.2, 0.25) is 0 Å². The van der Waals surface area contributed by atoms with E-state index in [4.69, 9.17) is 5.26 Å². The van der Waals surface area contributed by atoms with Crippen LogP contribution in [0.4, 0.5) is 0 Å². The molecule has 0 unspecified atom stereocenters. The zero-order chi connectivity index (χ0) is 14.0. The van der Waals surface area contributed by atoms with E-state index in [2.05, 4.69) is 11.2 Å². The standard InChI is InChI=1S/C14H14N4O/c1-10-8-12(5-4-11(10)9-15)18-7-6-13(16-18)14(19)17(2)3/h4-8H,1-3H3. The number of nitriles is 1. The van der Waals surface area contributed by atoms with Gasteiger partial charge in [-0.2, -0.15) is 10.4 Å². The number of aryl methyl sites for hydroxylation is 1. The Labute approximate surface area is 111 Å². The molecule has 0 N–H and O–H groups in total. The first kappa shape index (κ1) is 12.8. The van der Waals surface area contributed by atoms with Crippen LogP contribution in [0.25, 0.3) is 5.69 Å². The molecule has 0 aliphatic heterocycles. The van der Waals surface area contributed by atoms with Crippen molar-refractivity contribution in [1.82, 2.24) is 14.7 Å². The Kier molecular flexibility index (Phi) is 3.34. The van der Waals surface area contributed by atoms with Crippen molar-refractivity contribution in [1.29, 1.82) is 5.26 Å². The lowest BCUT2D eigenvalue weighted by Crippen LogP contribution is -2.22. The van der Waals surface area contributed by atoms with Crippen LogP contribution in [0.1, 0.15) is 21.6 Å². The fraction of sp³-hybridized carbons (Fsp3) is 0.214. The molecule has 2 aromatic rings. The normalized spacial score (nSPS) is 10.0. The van der Waals surface area contributed by atoms with Gasteiger partial charge in [-0.05, 0) is 36.8 Å². The molecule has 1 amide bonds. The minimum atomic E-state index is -0.135. The van der Waals surface area contributed by atoms with Gasteiger partial charge in [0.2, 0.25) is 0 Å². The highest BCUT2D eigenvalue weighted by atomic mass is 16.2. The van der Waals surface area contributed by atoms with Crippen LogP contribution in [0.5, 0.6) is 0 Å². The summed E-state index contributed by atoms with van der Waals surface area (Å²) in [6, 6.07) is 9.23. The highest BCUT2D eigenvalue weighted by Gasteiger charge is 2.12. The van der Waals surface area contributed by atoms with E-state index < -0.39 is 0 Å². The van der Waals surface area contributed by atoms with E-state index in [1.165, 1.54) is 4.90 Å². The molecule has 19 heavy (non-hydrogen) atoms. The van der Waals surface area contributed by atoms with Crippen molar-refractivity contribution in [3.63, 3.8) is 0 Å². The summed E-state index contributed by atoms with van der Waals surface area (Å²) in [5, 5.41) is 13.1. The number of nitrogens with zero attached hydrogens (tertiary/aromatic N) is 4. The zero-order valence-corrected chi connectivity index (χ0v) is 11.1. The van der Waals surface area contributed by atoms with Crippen molar-refractivity contribution in [3.05, 3.63) is 47.3 Å². The number of rotatable bonds is 2. The lowest BCUT2D eigenvalue weighted by atomic mass is 10.1. The van der Waals surface area contributed by atoms with Gasteiger partial charge in [-0.3, -0.25) is 4.79 Å². The van der Waals surface area contributed by atoms with E-state index in [-0.39, 0.29) is 5.91 Å². The lowest BCUT2D eigenvalue weighted by Gasteiger charge is -2.07. The zero-order valence-electron chi connectivity index (χ0n) is 11.1. The molecule has 1 heterocycles. The monoisotopic (exact) mass is 254 g/mol. The van der Waals surface area contributed by atoms with Crippen LogP contribution in [-0.2, 0) is 0 Å². The summed E-state index contributed by atoms with van der Waals surface area (Å²) < 4.78 is 1.63. The third kappa shape index (κ3) is 2.47. The molecule has 0 radical (unpaired) electrons. The van der Waals surface area contributed by atoms with Crippen LogP contribution in [0, 0.1) is 18.3 Å². The number of hydrogen-bond donors (Lipinski definition) is 0. The van der Waals surface area contributed by atoms with Gasteiger partial charge in [0.15, 0.2) is 5.69 Å². The average molecular weight is 254 g/mol. The number of amides is 1. The van der Waals surface area contributed by atoms with Gasteiger partial charge in [0.25, 0.3) is 5.91 Å². The van der Waals surface area contributed by atoms with Crippen LogP contribution in [0.3, 0.4) is 0 Å². The van der Waals surface area contributed by atoms with Gasteiger partial charge in [0.1, 0.15) is 0 Å². The van der Waals surface area contributed by atoms with E-state index in [0.717, 1.165) is 11.3 Å². The summed E-state index contributed by atoms with van der Waals surface area (Å²) in [6.45, 7) is 1.87. The van der Waals surface area contributed by atoms with Crippen molar-refractivity contribution in [2.45, 2.75) is 6.92 Å². The molecule has 0 aliphatic carbocycles. The van der Waals surface area contributed by atoms with Gasteiger partial charge < -0.3 is 4.90 Å². The first-order chi connectivity index (χ1) is 9.02. The predicted octanol–water partition coefficient (Wildman–Crippen LogP) is 1.75. The lowest BCUT2D eigenvalue weighted by molar-refractivity contribution is 0.0821. The largest absolute Gasteiger partial charge is 0.343 e. The molecular weight excluding hydrogens is 240 g/mol. The first-order valence-electron chi connectivity index (χ1n) is 5.81. The number of carbonyl (C=O) groups is 1. The highest BCUT2D eigenvalue weighted by molar-refractivity contribution is 5.91. The summed E-state index contributed by atoms with van der Waals surface area (Å²) in [4.78, 5) is 13.2. The average Bonchev–Trinajstić information content (AvgIpc) is 2.87. The molecule has 5 nitrogen and oxygen atoms in total. The Hall–Kier alpha value is -2.61. The fourth-order valence-corrected chi connectivity index (χ4v) is 1.73. The van der Waals surface area contributed by atoms with Gasteiger partial charge in [0.05, 0.1) is 17.3 Å². The molecule has 1 aromatic heterocycles. The number of aromatic nitrogens is 2. The first-order valence-corrected chi connectivity index (χ1v) is 5.81. The van der Waals surface area contributed by atoms with E-state index in [1.54, 1.807) is 37.1 Å². The van der Waals surface area contributed by atoms with Crippen LogP contribution in [0.15, 0.2) is 30.5 Å². The predicted molar refractivity (Wildman–Crippen MR) is 71.0 cm³/mol. The Morgan fingerprint density at radius 3 is 2.68 bits per heavy atom. The highest BCUT2D eigenvalue weighted by Crippen LogP contribution is 2.14. The number of carbonyl (C=O) groups excluding carboxylic acids is 1. The van der Waals surface area contributed by atoms with E-state index in [9.17, 15) is 4.79 Å². The molecule has 0 fully saturated rings. The molecule has 1 aromatic carbocycles. The maximum Gasteiger partial charge on any atom is 0.273 e. The molecule has 0 saturated carbocycles. The topological polar surface area (TPSA) is 61.9 Å². The van der Waals surface area contributed by atoms with Crippen molar-refractivity contribution < 1.29 is 4.79 Å². The van der Waals surface area contributed by atoms with Gasteiger partial charge in [-0.15, -0.1) is 0 Å². The molecule has 0 spiro atoms. The molecule has 2 rings (SSSR count). The van der Waals surface area contributed by atoms with Crippen molar-refractivity contribution in [3.8, 4) is 11.8 Å². The molecular formula is C14H14N4O. The third-order valence-electron chi connectivity index (χ3n) is 2.81. The summed E-state index contributed by atoms with van der Waals surface area (Å²) in [5.74, 6) is -0.135. The fourth-order valence-electron chi connectivity index (χ4n) is 1.73. The summed E-state index contributed by atoms with van der Waals surface area (Å²) in [7, 11) is 3.38. The molecule has 96 valence electrons. The van der Waals surface area contributed by atoms with Crippen LogP contribution >= 0.6 is 0 Å². The summed E-state index contributed by atoms with van der Waals surface area (Å²) >= 11 is 0. The Morgan fingerprint density at radius 1 is 1.37 bits per heavy atom. The number of hydrogen-bond acceptors (Lipinski definition) is 3. The maximum atomic E-state index is 11.8. The van der Waals surface area contributed by atoms with Gasteiger partial charge >= 0.3 is 0 Å². The minimum Gasteiger partial charge on any atom is -0.343 e. The van der Waals surface area contributed by atoms with Gasteiger partial charge in [-0.1, -0.05) is 0 Å². The second-order valence-electron chi connectivity index (χ2n) is 4.46. The molecule has 0 bridgehead atoms.